The third-order valence-electron chi connectivity index (χ3n) is 3.33. The molecule has 0 bridgehead atoms. The zero-order chi connectivity index (χ0) is 18.6. The van der Waals surface area contributed by atoms with Crippen LogP contribution in [0.4, 0.5) is 14.5 Å². The number of hydrogen-bond donors (Lipinski definition) is 3. The average Bonchev–Trinajstić information content (AvgIpc) is 2.57. The molecule has 0 saturated heterocycles. The number of rotatable bonds is 6. The van der Waals surface area contributed by atoms with Crippen molar-refractivity contribution in [3.63, 3.8) is 0 Å². The summed E-state index contributed by atoms with van der Waals surface area (Å²) in [6, 6.07) is 4.51. The van der Waals surface area contributed by atoms with Crippen LogP contribution in [-0.2, 0) is 9.63 Å². The standard InChI is InChI=1S/C16H16F2IN3O3/c1-9-12(17)8-11(16(24)21-25-6-5-23)15(22(9)2)20-14-4-3-10(19)7-13(14)18/h3-4,7-8,20,23H,1,5-6H2,2H3,(H,21,24). The van der Waals surface area contributed by atoms with E-state index in [1.165, 1.54) is 24.1 Å². The van der Waals surface area contributed by atoms with E-state index in [-0.39, 0.29) is 36.0 Å². The Hall–Kier alpha value is -1.98. The first-order valence-corrected chi connectivity index (χ1v) is 8.22. The van der Waals surface area contributed by atoms with Crippen LogP contribution in [0.1, 0.15) is 0 Å². The molecule has 1 amide bonds. The molecule has 0 atom stereocenters. The molecule has 2 rings (SSSR count). The number of nitrogens with one attached hydrogen (secondary N) is 2. The van der Waals surface area contributed by atoms with Gasteiger partial charge in [-0.1, -0.05) is 6.58 Å². The molecule has 0 aliphatic carbocycles. The number of hydrogen-bond acceptors (Lipinski definition) is 5. The Morgan fingerprint density at radius 3 is 2.80 bits per heavy atom. The molecule has 0 fully saturated rings. The van der Waals surface area contributed by atoms with Gasteiger partial charge in [0.1, 0.15) is 17.5 Å². The minimum Gasteiger partial charge on any atom is -0.394 e. The van der Waals surface area contributed by atoms with Crippen molar-refractivity contribution in [1.82, 2.24) is 10.4 Å². The minimum absolute atomic E-state index is 0.0150. The smallest absolute Gasteiger partial charge is 0.278 e. The summed E-state index contributed by atoms with van der Waals surface area (Å²) < 4.78 is 28.8. The number of benzene rings is 1. The second-order valence-corrected chi connectivity index (χ2v) is 6.26. The Labute approximate surface area is 156 Å². The van der Waals surface area contributed by atoms with Gasteiger partial charge in [0.2, 0.25) is 0 Å². The lowest BCUT2D eigenvalue weighted by Gasteiger charge is -2.30. The van der Waals surface area contributed by atoms with Gasteiger partial charge in [-0.3, -0.25) is 9.63 Å². The molecule has 3 N–H and O–H groups in total. The first-order valence-electron chi connectivity index (χ1n) is 7.14. The molecule has 25 heavy (non-hydrogen) atoms. The van der Waals surface area contributed by atoms with E-state index in [9.17, 15) is 13.6 Å². The number of halogens is 3. The van der Waals surface area contributed by atoms with Crippen LogP contribution in [0.3, 0.4) is 0 Å². The molecule has 0 spiro atoms. The topological polar surface area (TPSA) is 73.8 Å². The minimum atomic E-state index is -0.753. The summed E-state index contributed by atoms with van der Waals surface area (Å²) in [5.41, 5.74) is 2.11. The SMILES string of the molecule is C=C1C(F)=CC(C(=O)NOCCO)=C(Nc2ccc(I)cc2F)N1C. The van der Waals surface area contributed by atoms with Crippen LogP contribution in [0.2, 0.25) is 0 Å². The summed E-state index contributed by atoms with van der Waals surface area (Å²) in [6.45, 7) is 3.18. The van der Waals surface area contributed by atoms with Crippen molar-refractivity contribution in [2.75, 3.05) is 25.6 Å². The fourth-order valence-corrected chi connectivity index (χ4v) is 2.47. The van der Waals surface area contributed by atoms with E-state index < -0.39 is 17.6 Å². The number of hydroxylamine groups is 1. The van der Waals surface area contributed by atoms with Gasteiger partial charge in [0.15, 0.2) is 0 Å². The van der Waals surface area contributed by atoms with E-state index in [0.717, 1.165) is 6.08 Å². The van der Waals surface area contributed by atoms with Crippen LogP contribution >= 0.6 is 22.6 Å². The third kappa shape index (κ3) is 4.55. The van der Waals surface area contributed by atoms with Crippen LogP contribution in [0.5, 0.6) is 0 Å². The normalized spacial score (nSPS) is 14.5. The molecule has 0 saturated carbocycles. The Balaban J connectivity index is 2.39. The molecule has 134 valence electrons. The van der Waals surface area contributed by atoms with Crippen molar-refractivity contribution in [2.24, 2.45) is 0 Å². The quantitative estimate of drug-likeness (QED) is 0.344. The Kier molecular flexibility index (Phi) is 6.51. The van der Waals surface area contributed by atoms with Gasteiger partial charge < -0.3 is 15.3 Å². The Morgan fingerprint density at radius 1 is 1.44 bits per heavy atom. The van der Waals surface area contributed by atoms with E-state index in [2.05, 4.69) is 17.4 Å². The lowest BCUT2D eigenvalue weighted by atomic mass is 10.1. The van der Waals surface area contributed by atoms with Gasteiger partial charge in [-0.2, -0.15) is 0 Å². The molecule has 0 unspecified atom stereocenters. The first kappa shape index (κ1) is 19.3. The summed E-state index contributed by atoms with van der Waals surface area (Å²) in [4.78, 5) is 18.3. The number of anilines is 1. The van der Waals surface area contributed by atoms with E-state index in [0.29, 0.717) is 3.57 Å². The van der Waals surface area contributed by atoms with E-state index >= 15 is 0 Å². The highest BCUT2D eigenvalue weighted by atomic mass is 127. The van der Waals surface area contributed by atoms with Crippen molar-refractivity contribution >= 4 is 34.2 Å². The molecule has 0 radical (unpaired) electrons. The number of nitrogens with zero attached hydrogens (tertiary/aromatic N) is 1. The summed E-state index contributed by atoms with van der Waals surface area (Å²) in [6.07, 6.45) is 0.979. The summed E-state index contributed by atoms with van der Waals surface area (Å²) in [5, 5.41) is 11.5. The second kappa shape index (κ2) is 8.41. The van der Waals surface area contributed by atoms with Gasteiger partial charge in [-0.15, -0.1) is 0 Å². The molecule has 1 aromatic rings. The van der Waals surface area contributed by atoms with Crippen molar-refractivity contribution in [2.45, 2.75) is 0 Å². The number of carbonyl (C=O) groups is 1. The maximum atomic E-state index is 14.1. The van der Waals surface area contributed by atoms with E-state index in [4.69, 9.17) is 9.94 Å². The molecule has 0 aromatic heterocycles. The second-order valence-electron chi connectivity index (χ2n) is 5.01. The van der Waals surface area contributed by atoms with E-state index in [1.807, 2.05) is 22.6 Å². The van der Waals surface area contributed by atoms with Gasteiger partial charge in [-0.25, -0.2) is 14.3 Å². The molecule has 1 aromatic carbocycles. The van der Waals surface area contributed by atoms with Crippen LogP contribution in [0.25, 0.3) is 0 Å². The zero-order valence-corrected chi connectivity index (χ0v) is 15.4. The third-order valence-corrected chi connectivity index (χ3v) is 4.00. The molecular formula is C16H16F2IN3O3. The van der Waals surface area contributed by atoms with Gasteiger partial charge >= 0.3 is 0 Å². The molecule has 9 heteroatoms. The van der Waals surface area contributed by atoms with Crippen molar-refractivity contribution < 1.29 is 23.5 Å². The number of amides is 1. The zero-order valence-electron chi connectivity index (χ0n) is 13.3. The summed E-state index contributed by atoms with van der Waals surface area (Å²) in [5.74, 6) is -1.85. The van der Waals surface area contributed by atoms with Gasteiger partial charge in [0, 0.05) is 10.6 Å². The van der Waals surface area contributed by atoms with Crippen LogP contribution < -0.4 is 10.8 Å². The van der Waals surface area contributed by atoms with Gasteiger partial charge in [0.25, 0.3) is 5.91 Å². The Morgan fingerprint density at radius 2 is 2.16 bits per heavy atom. The predicted octanol–water partition coefficient (Wildman–Crippen LogP) is 2.41. The summed E-state index contributed by atoms with van der Waals surface area (Å²) in [7, 11) is 1.49. The highest BCUT2D eigenvalue weighted by Gasteiger charge is 2.26. The van der Waals surface area contributed by atoms with Gasteiger partial charge in [-0.05, 0) is 46.9 Å². The molecule has 1 heterocycles. The van der Waals surface area contributed by atoms with Crippen molar-refractivity contribution in [1.29, 1.82) is 0 Å². The summed E-state index contributed by atoms with van der Waals surface area (Å²) >= 11 is 1.97. The van der Waals surface area contributed by atoms with Crippen LogP contribution in [-0.4, -0.2) is 36.2 Å². The molecule has 1 aliphatic heterocycles. The number of allylic oxidation sites excluding steroid dienone is 1. The fraction of sp³-hybridized carbons (Fsp3) is 0.188. The highest BCUT2D eigenvalue weighted by Crippen LogP contribution is 2.30. The number of aliphatic hydroxyl groups excluding tert-OH is 1. The number of likely N-dealkylation sites (N-methyl/N-ethyl adjacent to an activating group) is 1. The van der Waals surface area contributed by atoms with Crippen molar-refractivity contribution in [3.8, 4) is 0 Å². The average molecular weight is 463 g/mol. The molecule has 1 aliphatic rings. The van der Waals surface area contributed by atoms with E-state index in [1.54, 1.807) is 6.07 Å². The molecular weight excluding hydrogens is 447 g/mol. The van der Waals surface area contributed by atoms with Crippen LogP contribution in [0.15, 0.2) is 53.8 Å². The fourth-order valence-electron chi connectivity index (χ4n) is 2.01. The van der Waals surface area contributed by atoms with Gasteiger partial charge in [0.05, 0.1) is 30.2 Å². The lowest BCUT2D eigenvalue weighted by Crippen LogP contribution is -2.34. The first-order chi connectivity index (χ1) is 11.8. The van der Waals surface area contributed by atoms with Crippen molar-refractivity contribution in [3.05, 3.63) is 63.2 Å². The molecule has 6 nitrogen and oxygen atoms in total. The lowest BCUT2D eigenvalue weighted by molar-refractivity contribution is -0.130. The maximum absolute atomic E-state index is 14.1. The monoisotopic (exact) mass is 463 g/mol. The maximum Gasteiger partial charge on any atom is 0.278 e. The largest absolute Gasteiger partial charge is 0.394 e. The Bertz CT molecular complexity index is 765. The number of carbonyl (C=O) groups excluding carboxylic acids is 1. The van der Waals surface area contributed by atoms with Crippen LogP contribution in [0, 0.1) is 9.39 Å². The predicted molar refractivity (Wildman–Crippen MR) is 97.0 cm³/mol. The number of aliphatic hydroxyl groups is 1. The highest BCUT2D eigenvalue weighted by molar-refractivity contribution is 14.1.